The van der Waals surface area contributed by atoms with E-state index in [0.717, 1.165) is 12.3 Å². The van der Waals surface area contributed by atoms with E-state index >= 15 is 0 Å². The van der Waals surface area contributed by atoms with E-state index in [1.165, 1.54) is 12.1 Å². The first kappa shape index (κ1) is 24.5. The van der Waals surface area contributed by atoms with Crippen molar-refractivity contribution < 1.29 is 22.3 Å². The molecule has 1 aliphatic rings. The number of nitrogens with zero attached hydrogens (tertiary/aromatic N) is 4. The average Bonchev–Trinajstić information content (AvgIpc) is 3.14. The number of hydrogen-bond donors (Lipinski definition) is 0. The van der Waals surface area contributed by atoms with E-state index < -0.39 is 15.7 Å². The van der Waals surface area contributed by atoms with Crippen LogP contribution in [0, 0.1) is 17.1 Å². The van der Waals surface area contributed by atoms with Crippen molar-refractivity contribution in [3.8, 4) is 6.07 Å². The van der Waals surface area contributed by atoms with Gasteiger partial charge in [0, 0.05) is 30.5 Å². The third-order valence-corrected chi connectivity index (χ3v) is 6.61. The summed E-state index contributed by atoms with van der Waals surface area (Å²) in [5.74, 6) is -0.654. The lowest BCUT2D eigenvalue weighted by atomic mass is 10.0. The van der Waals surface area contributed by atoms with Crippen LogP contribution in [0.2, 0.25) is 0 Å². The molecule has 0 spiro atoms. The topological polar surface area (TPSA) is 105 Å². The maximum Gasteiger partial charge on any atom is 0.410 e. The van der Waals surface area contributed by atoms with E-state index in [2.05, 4.69) is 11.2 Å². The minimum Gasteiger partial charge on any atom is -0.447 e. The molecule has 176 valence electrons. The number of aromatic nitrogens is 2. The summed E-state index contributed by atoms with van der Waals surface area (Å²) in [6.07, 6.45) is 4.99. The van der Waals surface area contributed by atoms with Crippen LogP contribution in [0.15, 0.2) is 29.3 Å². The highest BCUT2D eigenvalue weighted by molar-refractivity contribution is 7.90. The van der Waals surface area contributed by atoms with Crippen LogP contribution in [-0.2, 0) is 14.6 Å². The van der Waals surface area contributed by atoms with Crippen molar-refractivity contribution in [3.05, 3.63) is 47.0 Å². The maximum absolute atomic E-state index is 14.6. The summed E-state index contributed by atoms with van der Waals surface area (Å²) >= 11 is 0. The van der Waals surface area contributed by atoms with Gasteiger partial charge in [-0.3, -0.25) is 4.68 Å². The fraction of sp³-hybridized carbons (Fsp3) is 0.435. The van der Waals surface area contributed by atoms with Gasteiger partial charge in [-0.1, -0.05) is 6.07 Å². The van der Waals surface area contributed by atoms with Crippen LogP contribution in [0.3, 0.4) is 0 Å². The number of ether oxygens (including phenoxy) is 1. The largest absolute Gasteiger partial charge is 0.447 e. The highest BCUT2D eigenvalue weighted by atomic mass is 32.2. The van der Waals surface area contributed by atoms with Crippen molar-refractivity contribution in [1.82, 2.24) is 14.7 Å². The van der Waals surface area contributed by atoms with Crippen molar-refractivity contribution in [2.45, 2.75) is 50.7 Å². The Bertz CT molecular complexity index is 1220. The predicted octanol–water partition coefficient (Wildman–Crippen LogP) is 4.04. The fourth-order valence-corrected chi connectivity index (χ4v) is 4.43. The lowest BCUT2D eigenvalue weighted by Gasteiger charge is -2.32. The molecule has 3 rings (SSSR count). The summed E-state index contributed by atoms with van der Waals surface area (Å²) in [5.41, 5.74) is 1.68. The van der Waals surface area contributed by atoms with Gasteiger partial charge in [-0.05, 0) is 57.4 Å². The molecule has 0 saturated carbocycles. The highest BCUT2D eigenvalue weighted by Gasteiger charge is 2.27. The zero-order chi connectivity index (χ0) is 24.3. The van der Waals surface area contributed by atoms with Gasteiger partial charge < -0.3 is 9.64 Å². The van der Waals surface area contributed by atoms with Crippen molar-refractivity contribution in [1.29, 1.82) is 5.26 Å². The second kappa shape index (κ2) is 9.75. The van der Waals surface area contributed by atoms with Crippen molar-refractivity contribution >= 4 is 27.6 Å². The first-order valence-corrected chi connectivity index (χ1v) is 12.5. The Morgan fingerprint density at radius 3 is 2.55 bits per heavy atom. The molecule has 0 N–H and O–H groups in total. The Labute approximate surface area is 193 Å². The SMILES string of the molecule is C/C(=C\c1cnn(C2CCN(C(=O)OC(C)C)CC2)c1C#N)c1ccc(S(C)(=O)=O)cc1F. The number of benzene rings is 1. The Balaban J connectivity index is 1.80. The molecule has 1 amide bonds. The molecule has 1 fully saturated rings. The molecule has 1 aliphatic heterocycles. The summed E-state index contributed by atoms with van der Waals surface area (Å²) < 4.78 is 44.7. The Kier molecular flexibility index (Phi) is 7.22. The number of carbonyl (C=O) groups excluding carboxylic acids is 1. The number of amides is 1. The molecule has 2 heterocycles. The van der Waals surface area contributed by atoms with Crippen LogP contribution in [0.25, 0.3) is 11.6 Å². The zero-order valence-electron chi connectivity index (χ0n) is 19.1. The number of carbonyl (C=O) groups is 1. The maximum atomic E-state index is 14.6. The van der Waals surface area contributed by atoms with E-state index in [9.17, 15) is 22.9 Å². The molecule has 0 bridgehead atoms. The number of piperidine rings is 1. The third kappa shape index (κ3) is 5.60. The van der Waals surface area contributed by atoms with Crippen molar-refractivity contribution in [2.75, 3.05) is 19.3 Å². The van der Waals surface area contributed by atoms with Crippen LogP contribution < -0.4 is 0 Å². The summed E-state index contributed by atoms with van der Waals surface area (Å²) in [5, 5.41) is 14.1. The number of likely N-dealkylation sites (tertiary alicyclic amines) is 1. The zero-order valence-corrected chi connectivity index (χ0v) is 19.9. The molecule has 33 heavy (non-hydrogen) atoms. The molecule has 2 aromatic rings. The highest BCUT2D eigenvalue weighted by Crippen LogP contribution is 2.28. The number of nitriles is 1. The van der Waals surface area contributed by atoms with Gasteiger partial charge in [0.1, 0.15) is 17.6 Å². The van der Waals surface area contributed by atoms with Gasteiger partial charge in [0.2, 0.25) is 0 Å². The molecule has 1 aromatic carbocycles. The average molecular weight is 475 g/mol. The first-order chi connectivity index (χ1) is 15.5. The minimum atomic E-state index is -3.51. The second-order valence-electron chi connectivity index (χ2n) is 8.40. The first-order valence-electron chi connectivity index (χ1n) is 10.6. The number of hydrogen-bond acceptors (Lipinski definition) is 6. The Morgan fingerprint density at radius 1 is 1.33 bits per heavy atom. The third-order valence-electron chi connectivity index (χ3n) is 5.50. The summed E-state index contributed by atoms with van der Waals surface area (Å²) in [7, 11) is -3.51. The molecular formula is C23H27FN4O4S. The molecule has 0 radical (unpaired) electrons. The normalized spacial score (nSPS) is 15.5. The van der Waals surface area contributed by atoms with E-state index in [1.807, 2.05) is 0 Å². The number of sulfone groups is 1. The van der Waals surface area contributed by atoms with Crippen LogP contribution in [0.1, 0.15) is 56.5 Å². The molecule has 0 atom stereocenters. The predicted molar refractivity (Wildman–Crippen MR) is 121 cm³/mol. The van der Waals surface area contributed by atoms with Crippen LogP contribution in [0.4, 0.5) is 9.18 Å². The minimum absolute atomic E-state index is 0.0454. The van der Waals surface area contributed by atoms with Gasteiger partial charge >= 0.3 is 6.09 Å². The van der Waals surface area contributed by atoms with Gasteiger partial charge in [0.15, 0.2) is 9.84 Å². The van der Waals surface area contributed by atoms with Crippen molar-refractivity contribution in [3.63, 3.8) is 0 Å². The van der Waals surface area contributed by atoms with E-state index in [-0.39, 0.29) is 28.7 Å². The lowest BCUT2D eigenvalue weighted by Crippen LogP contribution is -2.40. The fourth-order valence-electron chi connectivity index (χ4n) is 3.80. The molecular weight excluding hydrogens is 447 g/mol. The monoisotopic (exact) mass is 474 g/mol. The van der Waals surface area contributed by atoms with E-state index in [0.29, 0.717) is 42.8 Å². The van der Waals surface area contributed by atoms with Crippen LogP contribution >= 0.6 is 0 Å². The Hall–Kier alpha value is -3.19. The summed E-state index contributed by atoms with van der Waals surface area (Å²) in [6, 6.07) is 5.90. The van der Waals surface area contributed by atoms with Gasteiger partial charge in [0.05, 0.1) is 23.2 Å². The van der Waals surface area contributed by atoms with Crippen LogP contribution in [-0.4, -0.2) is 54.6 Å². The molecule has 0 unspecified atom stereocenters. The number of allylic oxidation sites excluding steroid dienone is 1. The number of halogens is 1. The standard InChI is InChI=1S/C23H27FN4O4S/c1-15(2)32-23(29)27-9-7-18(8-10-27)28-22(13-25)17(14-26-28)11-16(3)20-6-5-19(12-21(20)24)33(4,30)31/h5-6,11-12,14-15,18H,7-10H2,1-4H3/b16-11+. The quantitative estimate of drug-likeness (QED) is 0.648. The van der Waals surface area contributed by atoms with Gasteiger partial charge in [-0.2, -0.15) is 10.4 Å². The van der Waals surface area contributed by atoms with E-state index in [1.54, 1.807) is 42.6 Å². The summed E-state index contributed by atoms with van der Waals surface area (Å²) in [4.78, 5) is 13.7. The lowest BCUT2D eigenvalue weighted by molar-refractivity contribution is 0.0653. The second-order valence-corrected chi connectivity index (χ2v) is 10.4. The van der Waals surface area contributed by atoms with Gasteiger partial charge in [-0.15, -0.1) is 0 Å². The number of rotatable bonds is 5. The molecule has 1 saturated heterocycles. The summed E-state index contributed by atoms with van der Waals surface area (Å²) in [6.45, 7) is 6.30. The van der Waals surface area contributed by atoms with Gasteiger partial charge in [-0.25, -0.2) is 17.6 Å². The molecule has 8 nitrogen and oxygen atoms in total. The Morgan fingerprint density at radius 2 is 2.00 bits per heavy atom. The van der Waals surface area contributed by atoms with Crippen molar-refractivity contribution in [2.24, 2.45) is 0 Å². The molecule has 1 aromatic heterocycles. The van der Waals surface area contributed by atoms with Crippen LogP contribution in [0.5, 0.6) is 0 Å². The molecule has 0 aliphatic carbocycles. The van der Waals surface area contributed by atoms with E-state index in [4.69, 9.17) is 4.74 Å². The van der Waals surface area contributed by atoms with Gasteiger partial charge in [0.25, 0.3) is 0 Å². The molecule has 10 heteroatoms. The smallest absolute Gasteiger partial charge is 0.410 e.